The normalized spacial score (nSPS) is 11.6. The highest BCUT2D eigenvalue weighted by atomic mass is 16.3. The molecule has 28 heavy (non-hydrogen) atoms. The Morgan fingerprint density at radius 1 is 0.964 bits per heavy atom. The van der Waals surface area contributed by atoms with Gasteiger partial charge in [0.1, 0.15) is 17.0 Å². The molecule has 0 aliphatic rings. The van der Waals surface area contributed by atoms with E-state index < -0.39 is 0 Å². The van der Waals surface area contributed by atoms with E-state index in [-0.39, 0.29) is 11.5 Å². The number of benzene rings is 2. The van der Waals surface area contributed by atoms with Crippen LogP contribution in [0.25, 0.3) is 11.0 Å². The molecule has 0 fully saturated rings. The molecule has 1 N–H and O–H groups in total. The fraction of sp³-hybridized carbons (Fsp3) is 0.0870. The van der Waals surface area contributed by atoms with Crippen LogP contribution in [-0.2, 0) is 0 Å². The molecule has 0 bridgehead atoms. The minimum Gasteiger partial charge on any atom is -0.438 e. The molecule has 0 aliphatic heterocycles. The highest BCUT2D eigenvalue weighted by Gasteiger charge is 2.13. The van der Waals surface area contributed by atoms with Gasteiger partial charge in [-0.05, 0) is 61.4 Å². The van der Waals surface area contributed by atoms with Crippen molar-refractivity contribution in [1.82, 2.24) is 4.98 Å². The Morgan fingerprint density at radius 2 is 1.71 bits per heavy atom. The fourth-order valence-electron chi connectivity index (χ4n) is 3.07. The van der Waals surface area contributed by atoms with Gasteiger partial charge in [0.25, 0.3) is 5.91 Å². The topological polar surface area (TPSA) is 67.5 Å². The van der Waals surface area contributed by atoms with Gasteiger partial charge in [0, 0.05) is 11.6 Å². The average molecular weight is 369 g/mol. The van der Waals surface area contributed by atoms with Crippen LogP contribution in [0.1, 0.15) is 21.5 Å². The second-order valence-corrected chi connectivity index (χ2v) is 6.63. The lowest BCUT2D eigenvalue weighted by Gasteiger charge is -2.06. The van der Waals surface area contributed by atoms with Gasteiger partial charge in [0.05, 0.1) is 5.69 Å². The Balaban J connectivity index is 1.87. The molecular weight excluding hydrogens is 350 g/mol. The van der Waals surface area contributed by atoms with Crippen molar-refractivity contribution in [3.8, 4) is 0 Å². The predicted molar refractivity (Wildman–Crippen MR) is 110 cm³/mol. The van der Waals surface area contributed by atoms with E-state index in [4.69, 9.17) is 4.42 Å². The van der Waals surface area contributed by atoms with Crippen LogP contribution in [0, 0.1) is 13.8 Å². The largest absolute Gasteiger partial charge is 0.438 e. The van der Waals surface area contributed by atoms with Gasteiger partial charge in [0.2, 0.25) is 5.55 Å². The summed E-state index contributed by atoms with van der Waals surface area (Å²) in [6.45, 7) is 4.02. The second kappa shape index (κ2) is 7.48. The number of nitrogens with zero attached hydrogens (tertiary/aromatic N) is 2. The van der Waals surface area contributed by atoms with Crippen molar-refractivity contribution in [2.45, 2.75) is 13.8 Å². The van der Waals surface area contributed by atoms with Gasteiger partial charge in [-0.3, -0.25) is 4.79 Å². The maximum absolute atomic E-state index is 12.9. The Kier molecular flexibility index (Phi) is 4.72. The first-order valence-electron chi connectivity index (χ1n) is 8.97. The Bertz CT molecular complexity index is 1210. The first-order valence-corrected chi connectivity index (χ1v) is 8.97. The van der Waals surface area contributed by atoms with Crippen LogP contribution in [0.5, 0.6) is 0 Å². The highest BCUT2D eigenvalue weighted by molar-refractivity contribution is 6.04. The Hall–Kier alpha value is -3.73. The molecule has 2 aromatic heterocycles. The average Bonchev–Trinajstić information content (AvgIpc) is 2.67. The van der Waals surface area contributed by atoms with Crippen molar-refractivity contribution in [2.75, 3.05) is 5.32 Å². The van der Waals surface area contributed by atoms with Crippen molar-refractivity contribution >= 4 is 28.4 Å². The van der Waals surface area contributed by atoms with Crippen LogP contribution in [0.4, 0.5) is 11.5 Å². The molecule has 2 aromatic carbocycles. The van der Waals surface area contributed by atoms with E-state index in [9.17, 15) is 4.79 Å². The van der Waals surface area contributed by atoms with Crippen LogP contribution in [0.2, 0.25) is 0 Å². The molecule has 138 valence electrons. The molecule has 0 saturated carbocycles. The molecule has 5 nitrogen and oxygen atoms in total. The number of hydrogen-bond acceptors (Lipinski definition) is 4. The quantitative estimate of drug-likeness (QED) is 0.557. The zero-order valence-electron chi connectivity index (χ0n) is 15.6. The molecule has 0 atom stereocenters. The van der Waals surface area contributed by atoms with E-state index in [0.29, 0.717) is 17.0 Å². The maximum atomic E-state index is 12.9. The lowest BCUT2D eigenvalue weighted by Crippen LogP contribution is -2.22. The number of carbonyl (C=O) groups is 1. The van der Waals surface area contributed by atoms with Gasteiger partial charge in [-0.1, -0.05) is 30.3 Å². The first-order chi connectivity index (χ1) is 13.6. The van der Waals surface area contributed by atoms with Crippen molar-refractivity contribution in [1.29, 1.82) is 0 Å². The number of aryl methyl sites for hydroxylation is 2. The molecule has 0 radical (unpaired) electrons. The van der Waals surface area contributed by atoms with Gasteiger partial charge in [0.15, 0.2) is 0 Å². The summed E-state index contributed by atoms with van der Waals surface area (Å²) >= 11 is 0. The monoisotopic (exact) mass is 369 g/mol. The van der Waals surface area contributed by atoms with Crippen molar-refractivity contribution in [2.24, 2.45) is 4.99 Å². The summed E-state index contributed by atoms with van der Waals surface area (Å²) in [6.07, 6.45) is 1.63. The number of amides is 1. The van der Waals surface area contributed by atoms with Crippen LogP contribution >= 0.6 is 0 Å². The lowest BCUT2D eigenvalue weighted by atomic mass is 10.1. The Morgan fingerprint density at radius 3 is 2.46 bits per heavy atom. The maximum Gasteiger partial charge on any atom is 0.262 e. The number of para-hydroxylation sites is 1. The number of nitrogens with one attached hydrogen (secondary N) is 1. The van der Waals surface area contributed by atoms with E-state index >= 15 is 0 Å². The molecule has 0 saturated heterocycles. The third-order valence-electron chi connectivity index (χ3n) is 4.24. The summed E-state index contributed by atoms with van der Waals surface area (Å²) < 4.78 is 5.99. The molecule has 5 heteroatoms. The number of rotatable bonds is 3. The van der Waals surface area contributed by atoms with Crippen molar-refractivity contribution in [3.05, 3.63) is 95.2 Å². The summed E-state index contributed by atoms with van der Waals surface area (Å²) in [7, 11) is 0. The molecule has 4 aromatic rings. The summed E-state index contributed by atoms with van der Waals surface area (Å²) in [5.41, 5.74) is 4.21. The van der Waals surface area contributed by atoms with Crippen LogP contribution in [0.15, 0.2) is 82.3 Å². The summed E-state index contributed by atoms with van der Waals surface area (Å²) in [6, 6.07) is 20.7. The van der Waals surface area contributed by atoms with Crippen molar-refractivity contribution < 1.29 is 9.21 Å². The van der Waals surface area contributed by atoms with Gasteiger partial charge >= 0.3 is 0 Å². The van der Waals surface area contributed by atoms with Gasteiger partial charge in [-0.15, -0.1) is 0 Å². The standard InChI is InChI=1S/C23H19N3O2/c1-15-11-16(2)13-18(12-15)25-23-19(14-17-7-3-4-8-20(17)28-23)22(27)26-21-9-5-6-10-24-21/h3-14H,1-2H3,(H,24,26,27). The molecule has 2 heterocycles. The van der Waals surface area contributed by atoms with E-state index in [1.807, 2.05) is 56.3 Å². The van der Waals surface area contributed by atoms with Crippen molar-refractivity contribution in [3.63, 3.8) is 0 Å². The highest BCUT2D eigenvalue weighted by Crippen LogP contribution is 2.18. The number of fused-ring (bicyclic) bond motifs is 1. The molecule has 0 unspecified atom stereocenters. The number of carbonyl (C=O) groups excluding carboxylic acids is 1. The minimum absolute atomic E-state index is 0.261. The summed E-state index contributed by atoms with van der Waals surface area (Å²) in [5, 5.41) is 3.63. The zero-order chi connectivity index (χ0) is 19.5. The fourth-order valence-corrected chi connectivity index (χ4v) is 3.07. The lowest BCUT2D eigenvalue weighted by molar-refractivity contribution is 0.102. The number of pyridine rings is 1. The molecule has 0 spiro atoms. The zero-order valence-corrected chi connectivity index (χ0v) is 15.6. The van der Waals surface area contributed by atoms with Crippen LogP contribution < -0.4 is 10.9 Å². The smallest absolute Gasteiger partial charge is 0.262 e. The number of hydrogen-bond donors (Lipinski definition) is 1. The first kappa shape index (κ1) is 17.7. The summed E-state index contributed by atoms with van der Waals surface area (Å²) in [4.78, 5) is 21.7. The number of anilines is 1. The molecule has 1 amide bonds. The van der Waals surface area contributed by atoms with Gasteiger partial charge in [-0.25, -0.2) is 9.98 Å². The number of aromatic nitrogens is 1. The second-order valence-electron chi connectivity index (χ2n) is 6.63. The summed E-state index contributed by atoms with van der Waals surface area (Å²) in [5.74, 6) is 0.148. The van der Waals surface area contributed by atoms with E-state index in [0.717, 1.165) is 22.2 Å². The minimum atomic E-state index is -0.323. The Labute approximate surface area is 162 Å². The predicted octanol–water partition coefficient (Wildman–Crippen LogP) is 4.93. The molecule has 0 aliphatic carbocycles. The molecule has 4 rings (SSSR count). The van der Waals surface area contributed by atoms with E-state index in [1.165, 1.54) is 0 Å². The van der Waals surface area contributed by atoms with Crippen LogP contribution in [-0.4, -0.2) is 10.9 Å². The van der Waals surface area contributed by atoms with E-state index in [2.05, 4.69) is 21.4 Å². The van der Waals surface area contributed by atoms with Gasteiger partial charge < -0.3 is 9.73 Å². The van der Waals surface area contributed by atoms with E-state index in [1.54, 1.807) is 24.4 Å². The molecular formula is C23H19N3O2. The third kappa shape index (κ3) is 3.83. The van der Waals surface area contributed by atoms with Gasteiger partial charge in [-0.2, -0.15) is 0 Å². The van der Waals surface area contributed by atoms with Crippen LogP contribution in [0.3, 0.4) is 0 Å². The third-order valence-corrected chi connectivity index (χ3v) is 4.24. The SMILES string of the molecule is Cc1cc(C)cc(N=c2oc3ccccc3cc2C(=O)Nc2ccccn2)c1.